The maximum absolute atomic E-state index is 14.7. The van der Waals surface area contributed by atoms with Crippen LogP contribution in [0.1, 0.15) is 38.8 Å². The van der Waals surface area contributed by atoms with Crippen LogP contribution in [-0.4, -0.2) is 39.5 Å². The van der Waals surface area contributed by atoms with Gasteiger partial charge in [0.25, 0.3) is 5.69 Å². The van der Waals surface area contributed by atoms with Crippen LogP contribution in [0.5, 0.6) is 0 Å². The van der Waals surface area contributed by atoms with E-state index in [4.69, 9.17) is 0 Å². The number of aromatic nitrogens is 1. The molecule has 4 heterocycles. The number of anilines is 2. The number of non-ortho nitro benzene ring substituents is 1. The first kappa shape index (κ1) is 25.5. The highest BCUT2D eigenvalue weighted by molar-refractivity contribution is 6.18. The molecule has 1 N–H and O–H groups in total. The van der Waals surface area contributed by atoms with Crippen LogP contribution in [0.3, 0.4) is 0 Å². The molecule has 1 fully saturated rings. The zero-order valence-corrected chi connectivity index (χ0v) is 22.4. The lowest BCUT2D eigenvalue weighted by Gasteiger charge is -2.39. The molecule has 3 aromatic carbocycles. The summed E-state index contributed by atoms with van der Waals surface area (Å²) in [5, 5.41) is 14.3. The number of amides is 1. The predicted molar refractivity (Wildman–Crippen MR) is 156 cm³/mol. The fourth-order valence-electron chi connectivity index (χ4n) is 7.00. The first-order valence-electron chi connectivity index (χ1n) is 13.5. The van der Waals surface area contributed by atoms with Gasteiger partial charge in [-0.05, 0) is 54.5 Å². The Bertz CT molecular complexity index is 1830. The van der Waals surface area contributed by atoms with Crippen molar-refractivity contribution in [3.05, 3.63) is 136 Å². The van der Waals surface area contributed by atoms with Gasteiger partial charge >= 0.3 is 0 Å². The first-order valence-corrected chi connectivity index (χ1v) is 13.5. The van der Waals surface area contributed by atoms with Gasteiger partial charge in [0.2, 0.25) is 5.91 Å². The number of benzene rings is 3. The number of rotatable bonds is 5. The molecule has 4 atom stereocenters. The highest BCUT2D eigenvalue weighted by Gasteiger charge is 2.70. The number of allylic oxidation sites excluding steroid dienone is 1. The summed E-state index contributed by atoms with van der Waals surface area (Å²) in [6, 6.07) is 21.7. The van der Waals surface area contributed by atoms with Crippen molar-refractivity contribution in [3.8, 4) is 0 Å². The van der Waals surface area contributed by atoms with Crippen LogP contribution in [0.25, 0.3) is 5.57 Å². The molecule has 0 radical (unpaired) electrons. The van der Waals surface area contributed by atoms with Crippen molar-refractivity contribution in [1.29, 1.82) is 0 Å². The molecule has 0 bridgehead atoms. The standard InChI is InChI=1S/C33H24N4O5/c1-19-18-27-33(24-7-3-4-8-25(24)35-32(33)40)28(30(38)21-14-16-34-17-15-21)29(36(27)26-9-5-2-6-23(19)26)31(39)20-10-12-22(13-11-20)37(41)42/h2-18,27-29H,1H3,(H,35,40)/t27-,28+,29+,33-/m1/s1. The average Bonchev–Trinajstić information content (AvgIpc) is 3.49. The number of Topliss-reactive ketones (excluding diaryl/α,β-unsaturated/α-hetero) is 2. The van der Waals surface area contributed by atoms with Crippen molar-refractivity contribution in [2.45, 2.75) is 24.4 Å². The van der Waals surface area contributed by atoms with E-state index in [9.17, 15) is 24.5 Å². The minimum Gasteiger partial charge on any atom is -0.352 e. The van der Waals surface area contributed by atoms with Crippen molar-refractivity contribution < 1.29 is 19.3 Å². The number of nitro groups is 1. The second kappa shape index (κ2) is 9.31. The average molecular weight is 557 g/mol. The summed E-state index contributed by atoms with van der Waals surface area (Å²) in [4.78, 5) is 60.5. The molecule has 4 aromatic rings. The minimum absolute atomic E-state index is 0.150. The van der Waals surface area contributed by atoms with Crippen molar-refractivity contribution in [2.75, 3.05) is 10.2 Å². The molecule has 1 aromatic heterocycles. The summed E-state index contributed by atoms with van der Waals surface area (Å²) in [6.07, 6.45) is 5.01. The molecule has 1 spiro atoms. The molecule has 206 valence electrons. The minimum atomic E-state index is -1.44. The van der Waals surface area contributed by atoms with E-state index in [0.29, 0.717) is 16.8 Å². The lowest BCUT2D eigenvalue weighted by molar-refractivity contribution is -0.384. The fourth-order valence-corrected chi connectivity index (χ4v) is 7.00. The van der Waals surface area contributed by atoms with Gasteiger partial charge in [-0.15, -0.1) is 0 Å². The van der Waals surface area contributed by atoms with Gasteiger partial charge in [0.15, 0.2) is 11.6 Å². The molecule has 3 aliphatic rings. The number of hydrogen-bond donors (Lipinski definition) is 1. The van der Waals surface area contributed by atoms with Crippen molar-refractivity contribution in [1.82, 2.24) is 4.98 Å². The third-order valence-electron chi connectivity index (χ3n) is 8.76. The Labute approximate surface area is 240 Å². The molecule has 3 aliphatic heterocycles. The Hall–Kier alpha value is -5.44. The topological polar surface area (TPSA) is 123 Å². The number of para-hydroxylation sites is 2. The van der Waals surface area contributed by atoms with E-state index >= 15 is 0 Å². The Morgan fingerprint density at radius 2 is 1.57 bits per heavy atom. The van der Waals surface area contributed by atoms with Gasteiger partial charge in [-0.2, -0.15) is 0 Å². The molecule has 42 heavy (non-hydrogen) atoms. The van der Waals surface area contributed by atoms with E-state index in [2.05, 4.69) is 10.3 Å². The highest BCUT2D eigenvalue weighted by Crippen LogP contribution is 2.58. The van der Waals surface area contributed by atoms with Gasteiger partial charge in [0, 0.05) is 52.6 Å². The second-order valence-electron chi connectivity index (χ2n) is 10.8. The largest absolute Gasteiger partial charge is 0.352 e. The van der Waals surface area contributed by atoms with E-state index in [1.54, 1.807) is 18.2 Å². The molecule has 9 nitrogen and oxygen atoms in total. The first-order chi connectivity index (χ1) is 20.3. The maximum atomic E-state index is 14.7. The van der Waals surface area contributed by atoms with E-state index in [0.717, 1.165) is 16.8 Å². The van der Waals surface area contributed by atoms with Crippen LogP contribution >= 0.6 is 0 Å². The van der Waals surface area contributed by atoms with Crippen LogP contribution in [0.2, 0.25) is 0 Å². The SMILES string of the molecule is CC1=C[C@H]2N(c3ccccc31)[C@H](C(=O)c1ccc([N+](=O)[O-])cc1)[C@@H](C(=O)c1ccncc1)[C@]21C(=O)Nc2ccccc21. The van der Waals surface area contributed by atoms with E-state index < -0.39 is 34.1 Å². The quantitative estimate of drug-likeness (QED) is 0.203. The third kappa shape index (κ3) is 3.43. The van der Waals surface area contributed by atoms with Crippen LogP contribution < -0.4 is 10.2 Å². The molecule has 0 unspecified atom stereocenters. The molecule has 1 saturated heterocycles. The van der Waals surface area contributed by atoms with Gasteiger partial charge in [0.1, 0.15) is 11.5 Å². The number of pyridine rings is 1. The van der Waals surface area contributed by atoms with E-state index in [1.807, 2.05) is 60.4 Å². The summed E-state index contributed by atoms with van der Waals surface area (Å²) >= 11 is 0. The number of ketones is 2. The van der Waals surface area contributed by atoms with Gasteiger partial charge in [-0.1, -0.05) is 42.5 Å². The monoisotopic (exact) mass is 556 g/mol. The Kier molecular flexibility index (Phi) is 5.65. The van der Waals surface area contributed by atoms with Gasteiger partial charge < -0.3 is 10.2 Å². The number of nitro benzene ring substituents is 1. The van der Waals surface area contributed by atoms with Crippen LogP contribution in [0.4, 0.5) is 17.1 Å². The number of nitrogens with zero attached hydrogens (tertiary/aromatic N) is 3. The normalized spacial score (nSPS) is 23.5. The van der Waals surface area contributed by atoms with Crippen LogP contribution in [-0.2, 0) is 10.2 Å². The van der Waals surface area contributed by atoms with Gasteiger partial charge in [0.05, 0.1) is 16.9 Å². The second-order valence-corrected chi connectivity index (χ2v) is 10.8. The number of fused-ring (bicyclic) bond motifs is 6. The van der Waals surface area contributed by atoms with E-state index in [-0.39, 0.29) is 22.9 Å². The van der Waals surface area contributed by atoms with Gasteiger partial charge in [-0.3, -0.25) is 29.5 Å². The fraction of sp³-hybridized carbons (Fsp3) is 0.152. The number of carbonyl (C=O) groups excluding carboxylic acids is 3. The molecular weight excluding hydrogens is 532 g/mol. The van der Waals surface area contributed by atoms with Crippen LogP contribution in [0, 0.1) is 16.0 Å². The number of nitrogens with one attached hydrogen (secondary N) is 1. The smallest absolute Gasteiger partial charge is 0.269 e. The zero-order chi connectivity index (χ0) is 29.2. The van der Waals surface area contributed by atoms with Crippen molar-refractivity contribution in [2.24, 2.45) is 5.92 Å². The Morgan fingerprint density at radius 1 is 0.905 bits per heavy atom. The highest BCUT2D eigenvalue weighted by atomic mass is 16.6. The van der Waals surface area contributed by atoms with Crippen molar-refractivity contribution in [3.63, 3.8) is 0 Å². The summed E-state index contributed by atoms with van der Waals surface area (Å²) in [5.74, 6) is -2.25. The summed E-state index contributed by atoms with van der Waals surface area (Å²) < 4.78 is 0. The number of carbonyl (C=O) groups is 3. The lowest BCUT2D eigenvalue weighted by atomic mass is 9.64. The lowest BCUT2D eigenvalue weighted by Crippen LogP contribution is -2.51. The van der Waals surface area contributed by atoms with Gasteiger partial charge in [-0.25, -0.2) is 0 Å². The summed E-state index contributed by atoms with van der Waals surface area (Å²) in [6.45, 7) is 1.97. The molecule has 1 amide bonds. The predicted octanol–water partition coefficient (Wildman–Crippen LogP) is 5.24. The third-order valence-corrected chi connectivity index (χ3v) is 8.76. The molecule has 0 saturated carbocycles. The number of hydrogen-bond acceptors (Lipinski definition) is 7. The molecule has 9 heteroatoms. The summed E-state index contributed by atoms with van der Waals surface area (Å²) in [5.41, 5.74) is 2.78. The molecule has 7 rings (SSSR count). The summed E-state index contributed by atoms with van der Waals surface area (Å²) in [7, 11) is 0. The zero-order valence-electron chi connectivity index (χ0n) is 22.4. The molecule has 0 aliphatic carbocycles. The Balaban J connectivity index is 1.53. The van der Waals surface area contributed by atoms with Crippen molar-refractivity contribution >= 4 is 40.1 Å². The molecular formula is C33H24N4O5. The maximum Gasteiger partial charge on any atom is 0.269 e. The van der Waals surface area contributed by atoms with E-state index in [1.165, 1.54) is 36.7 Å². The van der Waals surface area contributed by atoms with Crippen LogP contribution in [0.15, 0.2) is 103 Å². The Morgan fingerprint density at radius 3 is 2.31 bits per heavy atom.